The SMILES string of the molecule is NCc1ccc(S(=O)(=O)NCCN2CCOCC2)cc1. The van der Waals surface area contributed by atoms with Gasteiger partial charge in [-0.3, -0.25) is 4.90 Å². The van der Waals surface area contributed by atoms with Gasteiger partial charge >= 0.3 is 0 Å². The van der Waals surface area contributed by atoms with Crippen molar-refractivity contribution in [3.63, 3.8) is 0 Å². The Bertz CT molecular complexity index is 510. The van der Waals surface area contributed by atoms with Crippen LogP contribution in [0, 0.1) is 0 Å². The fourth-order valence-electron chi connectivity index (χ4n) is 2.05. The molecule has 0 saturated carbocycles. The van der Waals surface area contributed by atoms with Crippen LogP contribution in [0.4, 0.5) is 0 Å². The van der Waals surface area contributed by atoms with Crippen molar-refractivity contribution in [1.29, 1.82) is 0 Å². The summed E-state index contributed by atoms with van der Waals surface area (Å²) in [6, 6.07) is 6.63. The standard InChI is InChI=1S/C13H21N3O3S/c14-11-12-1-3-13(4-2-12)20(17,18)15-5-6-16-7-9-19-10-8-16/h1-4,15H,5-11,14H2. The first-order valence-electron chi connectivity index (χ1n) is 6.70. The predicted molar refractivity (Wildman–Crippen MR) is 76.8 cm³/mol. The smallest absolute Gasteiger partial charge is 0.240 e. The zero-order valence-electron chi connectivity index (χ0n) is 11.4. The highest BCUT2D eigenvalue weighted by Gasteiger charge is 2.15. The summed E-state index contributed by atoms with van der Waals surface area (Å²) in [7, 11) is -3.43. The average Bonchev–Trinajstić information content (AvgIpc) is 2.48. The van der Waals surface area contributed by atoms with Gasteiger partial charge in [0.05, 0.1) is 18.1 Å². The lowest BCUT2D eigenvalue weighted by molar-refractivity contribution is 0.0390. The number of nitrogens with two attached hydrogens (primary N) is 1. The molecule has 0 unspecified atom stereocenters. The second kappa shape index (κ2) is 7.14. The first kappa shape index (κ1) is 15.4. The molecule has 0 spiro atoms. The molecule has 1 fully saturated rings. The molecule has 1 aromatic carbocycles. The van der Waals surface area contributed by atoms with Gasteiger partial charge in [0.2, 0.25) is 10.0 Å². The number of ether oxygens (including phenoxy) is 1. The number of rotatable bonds is 6. The summed E-state index contributed by atoms with van der Waals surface area (Å²) >= 11 is 0. The normalized spacial score (nSPS) is 17.2. The lowest BCUT2D eigenvalue weighted by atomic mass is 10.2. The summed E-state index contributed by atoms with van der Waals surface area (Å²) in [5, 5.41) is 0. The van der Waals surface area contributed by atoms with Crippen molar-refractivity contribution in [1.82, 2.24) is 9.62 Å². The summed E-state index contributed by atoms with van der Waals surface area (Å²) in [5.41, 5.74) is 6.41. The van der Waals surface area contributed by atoms with Gasteiger partial charge in [0.25, 0.3) is 0 Å². The van der Waals surface area contributed by atoms with Crippen LogP contribution in [0.25, 0.3) is 0 Å². The Balaban J connectivity index is 1.86. The Hall–Kier alpha value is -0.990. The molecule has 112 valence electrons. The fourth-order valence-corrected chi connectivity index (χ4v) is 3.07. The van der Waals surface area contributed by atoms with Gasteiger partial charge < -0.3 is 10.5 Å². The maximum Gasteiger partial charge on any atom is 0.240 e. The first-order valence-corrected chi connectivity index (χ1v) is 8.19. The lowest BCUT2D eigenvalue weighted by Crippen LogP contribution is -2.41. The van der Waals surface area contributed by atoms with Crippen molar-refractivity contribution < 1.29 is 13.2 Å². The van der Waals surface area contributed by atoms with Crippen LogP contribution < -0.4 is 10.5 Å². The minimum absolute atomic E-state index is 0.275. The highest BCUT2D eigenvalue weighted by Crippen LogP contribution is 2.10. The van der Waals surface area contributed by atoms with E-state index < -0.39 is 10.0 Å². The Morgan fingerprint density at radius 3 is 2.45 bits per heavy atom. The van der Waals surface area contributed by atoms with E-state index in [2.05, 4.69) is 9.62 Å². The number of sulfonamides is 1. The van der Waals surface area contributed by atoms with Crippen LogP contribution in [0.5, 0.6) is 0 Å². The number of benzene rings is 1. The molecule has 1 aromatic rings. The molecule has 0 atom stereocenters. The van der Waals surface area contributed by atoms with Crippen molar-refractivity contribution in [2.45, 2.75) is 11.4 Å². The van der Waals surface area contributed by atoms with E-state index in [0.717, 1.165) is 18.7 Å². The van der Waals surface area contributed by atoms with E-state index in [1.165, 1.54) is 0 Å². The lowest BCUT2D eigenvalue weighted by Gasteiger charge is -2.26. The third-order valence-electron chi connectivity index (χ3n) is 3.29. The number of nitrogens with one attached hydrogen (secondary N) is 1. The minimum Gasteiger partial charge on any atom is -0.379 e. The third kappa shape index (κ3) is 4.26. The van der Waals surface area contributed by atoms with Gasteiger partial charge in [-0.15, -0.1) is 0 Å². The number of nitrogens with zero attached hydrogens (tertiary/aromatic N) is 1. The Morgan fingerprint density at radius 2 is 1.85 bits per heavy atom. The quantitative estimate of drug-likeness (QED) is 0.757. The zero-order chi connectivity index (χ0) is 14.4. The summed E-state index contributed by atoms with van der Waals surface area (Å²) in [6.07, 6.45) is 0. The van der Waals surface area contributed by atoms with Crippen molar-refractivity contribution >= 4 is 10.0 Å². The van der Waals surface area contributed by atoms with Crippen LogP contribution in [0.15, 0.2) is 29.2 Å². The molecule has 0 bridgehead atoms. The van der Waals surface area contributed by atoms with Crippen LogP contribution in [-0.4, -0.2) is 52.7 Å². The Kier molecular flexibility index (Phi) is 5.50. The van der Waals surface area contributed by atoms with Crippen LogP contribution in [0.1, 0.15) is 5.56 Å². The van der Waals surface area contributed by atoms with Gasteiger partial charge in [0, 0.05) is 32.7 Å². The molecule has 6 nitrogen and oxygen atoms in total. The predicted octanol–water partition coefficient (Wildman–Crippen LogP) is -0.244. The Morgan fingerprint density at radius 1 is 1.20 bits per heavy atom. The molecule has 0 radical (unpaired) electrons. The third-order valence-corrected chi connectivity index (χ3v) is 4.77. The molecule has 0 aromatic heterocycles. The van der Waals surface area contributed by atoms with E-state index >= 15 is 0 Å². The second-order valence-electron chi connectivity index (χ2n) is 4.70. The molecule has 2 rings (SSSR count). The molecular formula is C13H21N3O3S. The monoisotopic (exact) mass is 299 g/mol. The topological polar surface area (TPSA) is 84.7 Å². The van der Waals surface area contributed by atoms with E-state index in [0.29, 0.717) is 32.8 Å². The van der Waals surface area contributed by atoms with Crippen molar-refractivity contribution in [3.8, 4) is 0 Å². The molecule has 1 aliphatic heterocycles. The molecular weight excluding hydrogens is 278 g/mol. The summed E-state index contributed by atoms with van der Waals surface area (Å²) in [6.45, 7) is 4.65. The summed E-state index contributed by atoms with van der Waals surface area (Å²) < 4.78 is 32.0. The van der Waals surface area contributed by atoms with Crippen LogP contribution in [0.3, 0.4) is 0 Å². The zero-order valence-corrected chi connectivity index (χ0v) is 12.2. The molecule has 1 heterocycles. The second-order valence-corrected chi connectivity index (χ2v) is 6.47. The number of morpholine rings is 1. The summed E-state index contributed by atoms with van der Waals surface area (Å²) in [5.74, 6) is 0. The van der Waals surface area contributed by atoms with Gasteiger partial charge in [-0.25, -0.2) is 13.1 Å². The molecule has 3 N–H and O–H groups in total. The molecule has 0 aliphatic carbocycles. The molecule has 7 heteroatoms. The van der Waals surface area contributed by atoms with Crippen LogP contribution >= 0.6 is 0 Å². The van der Waals surface area contributed by atoms with Gasteiger partial charge in [-0.1, -0.05) is 12.1 Å². The van der Waals surface area contributed by atoms with Crippen LogP contribution in [0.2, 0.25) is 0 Å². The number of hydrogen-bond acceptors (Lipinski definition) is 5. The van der Waals surface area contributed by atoms with E-state index in [4.69, 9.17) is 10.5 Å². The molecule has 1 saturated heterocycles. The average molecular weight is 299 g/mol. The number of hydrogen-bond donors (Lipinski definition) is 2. The van der Waals surface area contributed by atoms with E-state index in [9.17, 15) is 8.42 Å². The molecule has 20 heavy (non-hydrogen) atoms. The largest absolute Gasteiger partial charge is 0.379 e. The maximum atomic E-state index is 12.1. The van der Waals surface area contributed by atoms with Gasteiger partial charge in [-0.05, 0) is 17.7 Å². The van der Waals surface area contributed by atoms with Crippen molar-refractivity contribution in [2.24, 2.45) is 5.73 Å². The van der Waals surface area contributed by atoms with E-state index in [1.807, 2.05) is 0 Å². The fraction of sp³-hybridized carbons (Fsp3) is 0.538. The van der Waals surface area contributed by atoms with Gasteiger partial charge in [-0.2, -0.15) is 0 Å². The van der Waals surface area contributed by atoms with E-state index in [-0.39, 0.29) is 4.90 Å². The molecule has 1 aliphatic rings. The van der Waals surface area contributed by atoms with E-state index in [1.54, 1.807) is 24.3 Å². The minimum atomic E-state index is -3.43. The van der Waals surface area contributed by atoms with Crippen LogP contribution in [-0.2, 0) is 21.3 Å². The Labute approximate surface area is 120 Å². The van der Waals surface area contributed by atoms with Gasteiger partial charge in [0.15, 0.2) is 0 Å². The highest BCUT2D eigenvalue weighted by molar-refractivity contribution is 7.89. The van der Waals surface area contributed by atoms with Gasteiger partial charge in [0.1, 0.15) is 0 Å². The first-order chi connectivity index (χ1) is 9.62. The van der Waals surface area contributed by atoms with Crippen molar-refractivity contribution in [2.75, 3.05) is 39.4 Å². The molecule has 0 amide bonds. The highest BCUT2D eigenvalue weighted by atomic mass is 32.2. The summed E-state index contributed by atoms with van der Waals surface area (Å²) in [4.78, 5) is 2.46. The van der Waals surface area contributed by atoms with Crippen molar-refractivity contribution in [3.05, 3.63) is 29.8 Å². The maximum absolute atomic E-state index is 12.1.